The predicted octanol–water partition coefficient (Wildman–Crippen LogP) is 0.983. The first-order valence-corrected chi connectivity index (χ1v) is 8.29. The molecule has 0 radical (unpaired) electrons. The van der Waals surface area contributed by atoms with Gasteiger partial charge in [-0.25, -0.2) is 0 Å². The normalized spacial score (nSPS) is 19.1. The van der Waals surface area contributed by atoms with Crippen molar-refractivity contribution < 1.29 is 18.9 Å². The third-order valence-corrected chi connectivity index (χ3v) is 5.53. The molecule has 102 valence electrons. The standard InChI is InChI=1S/C12H26O4Si/c1-4-12(9-16-10-12)8-15-6-5-7-17-11(13-2)14-3/h11H,4-10,17H2,1-3H3. The van der Waals surface area contributed by atoms with Crippen LogP contribution in [0.25, 0.3) is 0 Å². The van der Waals surface area contributed by atoms with E-state index in [0.29, 0.717) is 5.41 Å². The van der Waals surface area contributed by atoms with Crippen LogP contribution >= 0.6 is 0 Å². The lowest BCUT2D eigenvalue weighted by atomic mass is 9.84. The van der Waals surface area contributed by atoms with Gasteiger partial charge in [-0.1, -0.05) is 13.0 Å². The van der Waals surface area contributed by atoms with Crippen molar-refractivity contribution >= 4 is 9.52 Å². The second-order valence-electron chi connectivity index (χ2n) is 4.80. The Hall–Kier alpha value is 0.0569. The maximum absolute atomic E-state index is 5.74. The van der Waals surface area contributed by atoms with E-state index in [1.165, 1.54) is 6.04 Å². The van der Waals surface area contributed by atoms with Gasteiger partial charge in [0, 0.05) is 26.2 Å². The molecule has 0 aromatic heterocycles. The summed E-state index contributed by atoms with van der Waals surface area (Å²) in [5.41, 5.74) is 0.318. The van der Waals surface area contributed by atoms with Crippen molar-refractivity contribution in [2.24, 2.45) is 5.41 Å². The van der Waals surface area contributed by atoms with E-state index in [1.54, 1.807) is 14.2 Å². The molecule has 5 heteroatoms. The van der Waals surface area contributed by atoms with Gasteiger partial charge in [0.15, 0.2) is 0 Å². The average molecular weight is 262 g/mol. The summed E-state index contributed by atoms with van der Waals surface area (Å²) in [7, 11) is 3.13. The summed E-state index contributed by atoms with van der Waals surface area (Å²) in [4.78, 5) is 0. The van der Waals surface area contributed by atoms with E-state index in [9.17, 15) is 0 Å². The van der Waals surface area contributed by atoms with E-state index in [2.05, 4.69) is 6.92 Å². The van der Waals surface area contributed by atoms with E-state index < -0.39 is 0 Å². The highest BCUT2D eigenvalue weighted by Crippen LogP contribution is 2.31. The largest absolute Gasteiger partial charge is 0.381 e. The summed E-state index contributed by atoms with van der Waals surface area (Å²) in [5.74, 6) is 0.0667. The van der Waals surface area contributed by atoms with Crippen LogP contribution in [0.3, 0.4) is 0 Å². The molecule has 1 aliphatic heterocycles. The lowest BCUT2D eigenvalue weighted by Gasteiger charge is -2.40. The minimum Gasteiger partial charge on any atom is -0.381 e. The molecule has 1 fully saturated rings. The molecule has 0 unspecified atom stereocenters. The molecule has 0 N–H and O–H groups in total. The number of hydrogen-bond donors (Lipinski definition) is 0. The molecule has 0 amide bonds. The lowest BCUT2D eigenvalue weighted by Crippen LogP contribution is -2.45. The van der Waals surface area contributed by atoms with Gasteiger partial charge >= 0.3 is 0 Å². The van der Waals surface area contributed by atoms with Crippen LogP contribution < -0.4 is 0 Å². The number of rotatable bonds is 10. The minimum absolute atomic E-state index is 0.0667. The van der Waals surface area contributed by atoms with Crippen LogP contribution in [-0.2, 0) is 18.9 Å². The fourth-order valence-corrected chi connectivity index (χ4v) is 3.21. The first-order valence-electron chi connectivity index (χ1n) is 6.47. The fraction of sp³-hybridized carbons (Fsp3) is 1.00. The van der Waals surface area contributed by atoms with Gasteiger partial charge in [0.2, 0.25) is 0 Å². The Labute approximate surface area is 107 Å². The van der Waals surface area contributed by atoms with Crippen molar-refractivity contribution in [2.75, 3.05) is 40.6 Å². The third kappa shape index (κ3) is 5.05. The van der Waals surface area contributed by atoms with Crippen molar-refractivity contribution in [1.29, 1.82) is 0 Å². The molecular weight excluding hydrogens is 236 g/mol. The monoisotopic (exact) mass is 262 g/mol. The first-order chi connectivity index (χ1) is 8.26. The first kappa shape index (κ1) is 15.1. The summed E-state index contributed by atoms with van der Waals surface area (Å²) in [6.07, 6.45) is 2.27. The Morgan fingerprint density at radius 2 is 2.00 bits per heavy atom. The van der Waals surface area contributed by atoms with Crippen LogP contribution in [-0.4, -0.2) is 56.1 Å². The minimum atomic E-state index is -0.282. The van der Waals surface area contributed by atoms with E-state index in [-0.39, 0.29) is 15.4 Å². The predicted molar refractivity (Wildman–Crippen MR) is 70.1 cm³/mol. The molecule has 4 nitrogen and oxygen atoms in total. The summed E-state index contributed by atoms with van der Waals surface area (Å²) in [6, 6.07) is 1.21. The molecular formula is C12H26O4Si. The fourth-order valence-electron chi connectivity index (χ4n) is 1.92. The summed E-state index contributed by atoms with van der Waals surface area (Å²) < 4.78 is 21.4. The zero-order valence-corrected chi connectivity index (χ0v) is 12.8. The molecule has 0 aliphatic carbocycles. The molecule has 0 atom stereocenters. The number of ether oxygens (including phenoxy) is 4. The molecule has 1 rings (SSSR count). The topological polar surface area (TPSA) is 36.9 Å². The highest BCUT2D eigenvalue weighted by atomic mass is 28.2. The molecule has 0 bridgehead atoms. The van der Waals surface area contributed by atoms with Crippen LogP contribution in [0.4, 0.5) is 0 Å². The maximum atomic E-state index is 5.74. The quantitative estimate of drug-likeness (QED) is 0.334. The van der Waals surface area contributed by atoms with E-state index in [4.69, 9.17) is 18.9 Å². The number of hydrogen-bond acceptors (Lipinski definition) is 4. The van der Waals surface area contributed by atoms with E-state index in [1.807, 2.05) is 0 Å². The highest BCUT2D eigenvalue weighted by Gasteiger charge is 2.36. The van der Waals surface area contributed by atoms with Crippen LogP contribution in [0.15, 0.2) is 0 Å². The second kappa shape index (κ2) is 8.21. The smallest absolute Gasteiger partial charge is 0.134 e. The van der Waals surface area contributed by atoms with Crippen molar-refractivity contribution in [1.82, 2.24) is 0 Å². The van der Waals surface area contributed by atoms with Crippen LogP contribution in [0, 0.1) is 5.41 Å². The molecule has 0 aromatic carbocycles. The Bertz CT molecular complexity index is 187. The Kier molecular flexibility index (Phi) is 7.30. The summed E-state index contributed by atoms with van der Waals surface area (Å²) in [5, 5.41) is 0. The van der Waals surface area contributed by atoms with E-state index >= 15 is 0 Å². The van der Waals surface area contributed by atoms with Crippen molar-refractivity contribution in [2.45, 2.75) is 31.7 Å². The van der Waals surface area contributed by atoms with Crippen LogP contribution in [0.2, 0.25) is 6.04 Å². The highest BCUT2D eigenvalue weighted by molar-refractivity contribution is 6.36. The van der Waals surface area contributed by atoms with Gasteiger partial charge in [-0.2, -0.15) is 0 Å². The SMILES string of the molecule is CCC1(COCCC[SiH2]C(OC)OC)COC1. The maximum Gasteiger partial charge on any atom is 0.134 e. The Balaban J connectivity index is 1.94. The van der Waals surface area contributed by atoms with Gasteiger partial charge in [0.1, 0.15) is 5.91 Å². The molecule has 1 saturated heterocycles. The Morgan fingerprint density at radius 3 is 2.47 bits per heavy atom. The van der Waals surface area contributed by atoms with Gasteiger partial charge in [-0.05, 0) is 12.8 Å². The van der Waals surface area contributed by atoms with Crippen molar-refractivity contribution in [3.8, 4) is 0 Å². The molecule has 0 saturated carbocycles. The van der Waals surface area contributed by atoms with Gasteiger partial charge < -0.3 is 18.9 Å². The van der Waals surface area contributed by atoms with E-state index in [0.717, 1.165) is 39.3 Å². The molecule has 0 spiro atoms. The summed E-state index contributed by atoms with van der Waals surface area (Å²) in [6.45, 7) is 5.65. The lowest BCUT2D eigenvalue weighted by molar-refractivity contribution is -0.150. The van der Waals surface area contributed by atoms with Crippen LogP contribution in [0.1, 0.15) is 19.8 Å². The van der Waals surface area contributed by atoms with Gasteiger partial charge in [0.05, 0.1) is 29.3 Å². The molecule has 17 heavy (non-hydrogen) atoms. The summed E-state index contributed by atoms with van der Waals surface area (Å²) >= 11 is 0. The average Bonchev–Trinajstić information content (AvgIpc) is 2.31. The second-order valence-corrected chi connectivity index (χ2v) is 6.75. The zero-order valence-electron chi connectivity index (χ0n) is 11.4. The molecule has 1 aliphatic rings. The van der Waals surface area contributed by atoms with Gasteiger partial charge in [-0.3, -0.25) is 0 Å². The zero-order chi connectivity index (χ0) is 12.6. The third-order valence-electron chi connectivity index (χ3n) is 3.48. The van der Waals surface area contributed by atoms with Crippen molar-refractivity contribution in [3.63, 3.8) is 0 Å². The van der Waals surface area contributed by atoms with Gasteiger partial charge in [-0.15, -0.1) is 0 Å². The van der Waals surface area contributed by atoms with Gasteiger partial charge in [0.25, 0.3) is 0 Å². The van der Waals surface area contributed by atoms with Crippen LogP contribution in [0.5, 0.6) is 0 Å². The molecule has 1 heterocycles. The number of methoxy groups -OCH3 is 2. The molecule has 0 aromatic rings. The Morgan fingerprint density at radius 1 is 1.29 bits per heavy atom. The van der Waals surface area contributed by atoms with Crippen molar-refractivity contribution in [3.05, 3.63) is 0 Å².